The van der Waals surface area contributed by atoms with E-state index in [-0.39, 0.29) is 6.04 Å². The van der Waals surface area contributed by atoms with E-state index in [0.717, 1.165) is 17.7 Å². The molecule has 19 heavy (non-hydrogen) atoms. The number of nitrogens with two attached hydrogens (primary N) is 1. The van der Waals surface area contributed by atoms with Gasteiger partial charge in [0.25, 0.3) is 0 Å². The molecule has 0 fully saturated rings. The normalized spacial score (nSPS) is 11.8. The molecule has 2 N–H and O–H groups in total. The summed E-state index contributed by atoms with van der Waals surface area (Å²) >= 11 is 0. The van der Waals surface area contributed by atoms with Crippen LogP contribution in [0.3, 0.4) is 0 Å². The molecule has 0 bridgehead atoms. The van der Waals surface area contributed by atoms with E-state index in [4.69, 9.17) is 10.5 Å². The molecular formula is C16H18N2O. The highest BCUT2D eigenvalue weighted by molar-refractivity contribution is 5.29. The van der Waals surface area contributed by atoms with Crippen molar-refractivity contribution in [2.75, 3.05) is 6.61 Å². The maximum absolute atomic E-state index is 6.16. The molecule has 3 heteroatoms. The molecule has 1 aromatic carbocycles. The minimum absolute atomic E-state index is 0.0337. The molecule has 0 radical (unpaired) electrons. The zero-order valence-corrected chi connectivity index (χ0v) is 10.8. The quantitative estimate of drug-likeness (QED) is 0.806. The highest BCUT2D eigenvalue weighted by atomic mass is 16.5. The summed E-state index contributed by atoms with van der Waals surface area (Å²) in [4.78, 5) is 4.09. The Hall–Kier alpha value is -2.13. The zero-order chi connectivity index (χ0) is 13.5. The van der Waals surface area contributed by atoms with Crippen LogP contribution in [0.5, 0.6) is 5.75 Å². The van der Waals surface area contributed by atoms with Crippen molar-refractivity contribution in [3.63, 3.8) is 0 Å². The Morgan fingerprint density at radius 3 is 2.68 bits per heavy atom. The molecule has 0 spiro atoms. The Bertz CT molecular complexity index is 508. The summed E-state index contributed by atoms with van der Waals surface area (Å²) in [5, 5.41) is 0. The molecule has 0 saturated carbocycles. The van der Waals surface area contributed by atoms with Gasteiger partial charge >= 0.3 is 0 Å². The molecule has 2 rings (SSSR count). The van der Waals surface area contributed by atoms with Crippen LogP contribution in [-0.4, -0.2) is 11.6 Å². The van der Waals surface area contributed by atoms with Crippen LogP contribution in [0.4, 0.5) is 0 Å². The minimum atomic E-state index is -0.0337. The summed E-state index contributed by atoms with van der Waals surface area (Å²) in [6.07, 6.45) is 6.08. The first-order valence-corrected chi connectivity index (χ1v) is 6.27. The second kappa shape index (κ2) is 6.71. The van der Waals surface area contributed by atoms with Gasteiger partial charge in [-0.25, -0.2) is 0 Å². The van der Waals surface area contributed by atoms with E-state index in [2.05, 4.69) is 11.6 Å². The van der Waals surface area contributed by atoms with Crippen molar-refractivity contribution in [3.05, 3.63) is 72.6 Å². The molecular weight excluding hydrogens is 236 g/mol. The van der Waals surface area contributed by atoms with Gasteiger partial charge in [0.1, 0.15) is 12.4 Å². The van der Waals surface area contributed by atoms with E-state index in [1.54, 1.807) is 12.3 Å². The third-order valence-electron chi connectivity index (χ3n) is 2.86. The number of hydrogen-bond donors (Lipinski definition) is 1. The monoisotopic (exact) mass is 254 g/mol. The van der Waals surface area contributed by atoms with Crippen molar-refractivity contribution < 1.29 is 4.74 Å². The summed E-state index contributed by atoms with van der Waals surface area (Å²) < 4.78 is 5.44. The minimum Gasteiger partial charge on any atom is -0.490 e. The van der Waals surface area contributed by atoms with Crippen LogP contribution >= 0.6 is 0 Å². The van der Waals surface area contributed by atoms with E-state index >= 15 is 0 Å². The third kappa shape index (κ3) is 3.93. The van der Waals surface area contributed by atoms with Crippen LogP contribution in [0, 0.1) is 0 Å². The molecule has 0 amide bonds. The lowest BCUT2D eigenvalue weighted by Crippen LogP contribution is -2.13. The van der Waals surface area contributed by atoms with Gasteiger partial charge in [0.05, 0.1) is 0 Å². The molecule has 1 aromatic heterocycles. The number of rotatable bonds is 6. The maximum atomic E-state index is 6.16. The van der Waals surface area contributed by atoms with Crippen molar-refractivity contribution >= 4 is 0 Å². The largest absolute Gasteiger partial charge is 0.490 e. The summed E-state index contributed by atoms with van der Waals surface area (Å²) in [6.45, 7) is 4.14. The van der Waals surface area contributed by atoms with Gasteiger partial charge in [0, 0.05) is 18.4 Å². The Kier molecular flexibility index (Phi) is 4.70. The Morgan fingerprint density at radius 2 is 2.05 bits per heavy atom. The maximum Gasteiger partial charge on any atom is 0.119 e. The molecule has 1 atom stereocenters. The molecule has 3 nitrogen and oxygen atoms in total. The summed E-state index contributed by atoms with van der Waals surface area (Å²) in [6, 6.07) is 11.8. The Labute approximate surface area is 113 Å². The predicted octanol–water partition coefficient (Wildman–Crippen LogP) is 2.89. The van der Waals surface area contributed by atoms with E-state index in [1.165, 1.54) is 5.56 Å². The van der Waals surface area contributed by atoms with Gasteiger partial charge in [0.2, 0.25) is 0 Å². The van der Waals surface area contributed by atoms with E-state index in [0.29, 0.717) is 6.61 Å². The SMILES string of the molecule is C=CCOc1ccc(CC(N)c2cccnc2)cc1. The summed E-state index contributed by atoms with van der Waals surface area (Å²) in [7, 11) is 0. The third-order valence-corrected chi connectivity index (χ3v) is 2.86. The molecule has 0 saturated heterocycles. The van der Waals surface area contributed by atoms with Gasteiger partial charge in [-0.1, -0.05) is 30.9 Å². The number of nitrogens with zero attached hydrogens (tertiary/aromatic N) is 1. The number of hydrogen-bond acceptors (Lipinski definition) is 3. The van der Waals surface area contributed by atoms with Gasteiger partial charge in [-0.2, -0.15) is 0 Å². The lowest BCUT2D eigenvalue weighted by molar-refractivity contribution is 0.363. The topological polar surface area (TPSA) is 48.1 Å². The van der Waals surface area contributed by atoms with Crippen molar-refractivity contribution in [2.24, 2.45) is 5.73 Å². The van der Waals surface area contributed by atoms with Crippen molar-refractivity contribution in [3.8, 4) is 5.75 Å². The standard InChI is InChI=1S/C16H18N2O/c1-2-10-19-15-7-5-13(6-8-15)11-16(17)14-4-3-9-18-12-14/h2-9,12,16H,1,10-11,17H2. The average molecular weight is 254 g/mol. The Morgan fingerprint density at radius 1 is 1.26 bits per heavy atom. The fraction of sp³-hybridized carbons (Fsp3) is 0.188. The van der Waals surface area contributed by atoms with Crippen LogP contribution in [-0.2, 0) is 6.42 Å². The van der Waals surface area contributed by atoms with Crippen LogP contribution < -0.4 is 10.5 Å². The lowest BCUT2D eigenvalue weighted by Gasteiger charge is -2.12. The van der Waals surface area contributed by atoms with Gasteiger partial charge in [0.15, 0.2) is 0 Å². The zero-order valence-electron chi connectivity index (χ0n) is 10.8. The average Bonchev–Trinajstić information content (AvgIpc) is 2.47. The smallest absolute Gasteiger partial charge is 0.119 e. The number of pyridine rings is 1. The predicted molar refractivity (Wildman–Crippen MR) is 77.0 cm³/mol. The highest BCUT2D eigenvalue weighted by Gasteiger charge is 2.07. The molecule has 98 valence electrons. The van der Waals surface area contributed by atoms with Gasteiger partial charge in [-0.05, 0) is 35.7 Å². The molecule has 0 aliphatic rings. The number of aromatic nitrogens is 1. The number of benzene rings is 1. The fourth-order valence-corrected chi connectivity index (χ4v) is 1.84. The Balaban J connectivity index is 1.97. The van der Waals surface area contributed by atoms with Crippen LogP contribution in [0.1, 0.15) is 17.2 Å². The van der Waals surface area contributed by atoms with Crippen molar-refractivity contribution in [2.45, 2.75) is 12.5 Å². The van der Waals surface area contributed by atoms with E-state index in [1.807, 2.05) is 42.6 Å². The fourth-order valence-electron chi connectivity index (χ4n) is 1.84. The molecule has 0 aliphatic carbocycles. The summed E-state index contributed by atoms with van der Waals surface area (Å²) in [5.41, 5.74) is 8.39. The van der Waals surface area contributed by atoms with Crippen molar-refractivity contribution in [1.29, 1.82) is 0 Å². The molecule has 0 aliphatic heterocycles. The van der Waals surface area contributed by atoms with Gasteiger partial charge in [-0.3, -0.25) is 4.98 Å². The van der Waals surface area contributed by atoms with E-state index in [9.17, 15) is 0 Å². The van der Waals surface area contributed by atoms with Gasteiger partial charge < -0.3 is 10.5 Å². The van der Waals surface area contributed by atoms with Crippen molar-refractivity contribution in [1.82, 2.24) is 4.98 Å². The first-order chi connectivity index (χ1) is 9.29. The van der Waals surface area contributed by atoms with Crippen LogP contribution in [0.2, 0.25) is 0 Å². The first kappa shape index (κ1) is 13.3. The number of ether oxygens (including phenoxy) is 1. The lowest BCUT2D eigenvalue weighted by atomic mass is 10.0. The van der Waals surface area contributed by atoms with Crippen LogP contribution in [0.15, 0.2) is 61.4 Å². The molecule has 1 heterocycles. The second-order valence-electron chi connectivity index (χ2n) is 4.34. The van der Waals surface area contributed by atoms with Gasteiger partial charge in [-0.15, -0.1) is 0 Å². The molecule has 2 aromatic rings. The first-order valence-electron chi connectivity index (χ1n) is 6.27. The molecule has 1 unspecified atom stereocenters. The summed E-state index contributed by atoms with van der Waals surface area (Å²) in [5.74, 6) is 0.846. The van der Waals surface area contributed by atoms with E-state index < -0.39 is 0 Å². The van der Waals surface area contributed by atoms with Crippen LogP contribution in [0.25, 0.3) is 0 Å². The highest BCUT2D eigenvalue weighted by Crippen LogP contribution is 2.18. The second-order valence-corrected chi connectivity index (χ2v) is 4.34.